The number of urea groups is 3. The molecule has 0 atom stereocenters. The van der Waals surface area contributed by atoms with Crippen LogP contribution in [-0.4, -0.2) is 96.0 Å². The van der Waals surface area contributed by atoms with Crippen molar-refractivity contribution in [3.8, 4) is 0 Å². The average Bonchev–Trinajstić information content (AvgIpc) is 3.75. The number of anilines is 2. The summed E-state index contributed by atoms with van der Waals surface area (Å²) in [5.74, 6) is -2.85. The fourth-order valence-electron chi connectivity index (χ4n) is 8.05. The second-order valence-electron chi connectivity index (χ2n) is 18.6. The van der Waals surface area contributed by atoms with E-state index in [4.69, 9.17) is 15.3 Å². The Morgan fingerprint density at radius 1 is 0.514 bits per heavy atom. The lowest BCUT2D eigenvalue weighted by molar-refractivity contribution is -0.138. The summed E-state index contributed by atoms with van der Waals surface area (Å²) in [6.45, 7) is 8.33. The summed E-state index contributed by atoms with van der Waals surface area (Å²) < 4.78 is 0. The molecule has 0 aliphatic carbocycles. The number of benzene rings is 3. The standard InChI is InChI=1S/C20H30N2O3.C19H30N2O3.C18H28N2O3/c1-2-3-4-5-6-7-8-17-9-11-18(12-10-17)22-16-15-21(20(22)25)14-13-19(23)24;1-3-4-5-6-7-8-9-16-10-12-17(13-11-16)21(2)19(24)20-15-14-18(22)23;1-2-3-4-5-6-7-8-15-9-11-16(12-10-15)13-19-18(23)20-14-17(21)22/h9-12H,2-8,13-16H2,1H3,(H,23,24);10-13H,3-9,14-15H2,1-2H3,(H,20,24)(H,22,23);9-12H,2-8,13-14H2,1H3,(H,21,22)(H2,19,20,23). The lowest BCUT2D eigenvalue weighted by Crippen LogP contribution is -2.38. The fourth-order valence-corrected chi connectivity index (χ4v) is 8.05. The summed E-state index contributed by atoms with van der Waals surface area (Å²) in [6, 6.07) is 23.5. The normalized spacial score (nSPS) is 11.8. The molecule has 0 aromatic heterocycles. The zero-order chi connectivity index (χ0) is 52.8. The highest BCUT2D eigenvalue weighted by Gasteiger charge is 2.29. The van der Waals surface area contributed by atoms with Gasteiger partial charge in [0.25, 0.3) is 0 Å². The number of aryl methyl sites for hydroxylation is 3. The number of carboxylic acid groups (broad SMARTS) is 3. The molecule has 15 heteroatoms. The first kappa shape index (κ1) is 62.0. The Bertz CT molecular complexity index is 1980. The summed E-state index contributed by atoms with van der Waals surface area (Å²) in [5.41, 5.74) is 6.62. The highest BCUT2D eigenvalue weighted by atomic mass is 16.4. The molecule has 0 radical (unpaired) electrons. The van der Waals surface area contributed by atoms with Crippen LogP contribution in [0.1, 0.15) is 171 Å². The minimum Gasteiger partial charge on any atom is -0.481 e. The molecule has 0 unspecified atom stereocenters. The molecule has 1 aliphatic rings. The smallest absolute Gasteiger partial charge is 0.324 e. The van der Waals surface area contributed by atoms with E-state index in [1.54, 1.807) is 16.8 Å². The average molecular weight is 1000 g/mol. The molecule has 0 bridgehead atoms. The highest BCUT2D eigenvalue weighted by Crippen LogP contribution is 2.22. The van der Waals surface area contributed by atoms with Gasteiger partial charge in [0, 0.05) is 51.1 Å². The van der Waals surface area contributed by atoms with Crippen LogP contribution < -0.4 is 25.8 Å². The molecule has 1 heterocycles. The topological polar surface area (TPSA) is 209 Å². The Morgan fingerprint density at radius 2 is 0.944 bits per heavy atom. The summed E-state index contributed by atoms with van der Waals surface area (Å²) in [4.78, 5) is 71.9. The van der Waals surface area contributed by atoms with Gasteiger partial charge in [0.05, 0.1) is 12.8 Å². The molecule has 15 nitrogen and oxygen atoms in total. The van der Waals surface area contributed by atoms with Gasteiger partial charge >= 0.3 is 36.0 Å². The van der Waals surface area contributed by atoms with Gasteiger partial charge in [0.15, 0.2) is 0 Å². The van der Waals surface area contributed by atoms with E-state index in [9.17, 15) is 28.8 Å². The van der Waals surface area contributed by atoms with Crippen LogP contribution in [0.3, 0.4) is 0 Å². The minimum absolute atomic E-state index is 0.00320. The number of aliphatic carboxylic acids is 3. The van der Waals surface area contributed by atoms with Gasteiger partial charge in [-0.2, -0.15) is 0 Å². The van der Waals surface area contributed by atoms with Crippen molar-refractivity contribution in [1.29, 1.82) is 0 Å². The SMILES string of the molecule is CCCCCCCCc1ccc(CNC(=O)NCC(=O)O)cc1.CCCCCCCCc1ccc(N(C)C(=O)NCCC(=O)O)cc1.CCCCCCCCc1ccc(N2CCN(CCC(=O)O)C2=O)cc1. The van der Waals surface area contributed by atoms with Crippen molar-refractivity contribution in [3.63, 3.8) is 0 Å². The van der Waals surface area contributed by atoms with E-state index in [-0.39, 0.29) is 44.5 Å². The third kappa shape index (κ3) is 28.7. The summed E-state index contributed by atoms with van der Waals surface area (Å²) in [7, 11) is 1.68. The molecule has 3 aromatic rings. The van der Waals surface area contributed by atoms with E-state index in [1.165, 1.54) is 137 Å². The summed E-state index contributed by atoms with van der Waals surface area (Å²) in [6.07, 6.45) is 26.5. The van der Waals surface area contributed by atoms with Crippen molar-refractivity contribution < 1.29 is 44.1 Å². The molecule has 1 fully saturated rings. The molecular formula is C57H88N6O9. The number of hydrogen-bond acceptors (Lipinski definition) is 6. The molecule has 6 amide bonds. The maximum Gasteiger partial charge on any atom is 0.324 e. The number of rotatable bonds is 33. The molecule has 0 saturated carbocycles. The molecular weight excluding hydrogens is 913 g/mol. The summed E-state index contributed by atoms with van der Waals surface area (Å²) in [5, 5.41) is 33.3. The Kier molecular flexibility index (Phi) is 33.2. The lowest BCUT2D eigenvalue weighted by Gasteiger charge is -2.18. The number of nitrogens with zero attached hydrogens (tertiary/aromatic N) is 3. The monoisotopic (exact) mass is 1000 g/mol. The Morgan fingerprint density at radius 3 is 1.40 bits per heavy atom. The van der Waals surface area contributed by atoms with E-state index in [0.717, 1.165) is 36.2 Å². The molecule has 72 heavy (non-hydrogen) atoms. The Hall–Kier alpha value is -6.12. The second-order valence-corrected chi connectivity index (χ2v) is 18.6. The van der Waals surface area contributed by atoms with Crippen molar-refractivity contribution in [2.45, 2.75) is 175 Å². The zero-order valence-corrected chi connectivity index (χ0v) is 44.1. The van der Waals surface area contributed by atoms with Crippen LogP contribution in [0.5, 0.6) is 0 Å². The van der Waals surface area contributed by atoms with Crippen molar-refractivity contribution in [1.82, 2.24) is 20.9 Å². The predicted molar refractivity (Wildman–Crippen MR) is 289 cm³/mol. The molecule has 3 aromatic carbocycles. The number of nitrogens with one attached hydrogen (secondary N) is 3. The maximum absolute atomic E-state index is 12.4. The van der Waals surface area contributed by atoms with Gasteiger partial charge in [-0.1, -0.05) is 166 Å². The van der Waals surface area contributed by atoms with Crippen molar-refractivity contribution in [2.24, 2.45) is 0 Å². The number of carboxylic acids is 3. The Balaban J connectivity index is 0.000000370. The molecule has 4 rings (SSSR count). The largest absolute Gasteiger partial charge is 0.481 e. The fraction of sp³-hybridized carbons (Fsp3) is 0.579. The van der Waals surface area contributed by atoms with Gasteiger partial charge in [0.2, 0.25) is 0 Å². The van der Waals surface area contributed by atoms with Crippen molar-refractivity contribution >= 4 is 47.4 Å². The van der Waals surface area contributed by atoms with Gasteiger partial charge < -0.3 is 36.2 Å². The third-order valence-corrected chi connectivity index (χ3v) is 12.5. The van der Waals surface area contributed by atoms with Gasteiger partial charge in [-0.05, 0) is 85.0 Å². The van der Waals surface area contributed by atoms with Crippen LogP contribution in [0, 0.1) is 0 Å². The zero-order valence-electron chi connectivity index (χ0n) is 44.1. The quantitative estimate of drug-likeness (QED) is 0.0320. The van der Waals surface area contributed by atoms with Gasteiger partial charge in [0.1, 0.15) is 6.54 Å². The van der Waals surface area contributed by atoms with Gasteiger partial charge in [-0.15, -0.1) is 0 Å². The summed E-state index contributed by atoms with van der Waals surface area (Å²) >= 11 is 0. The molecule has 1 aliphatic heterocycles. The first-order valence-electron chi connectivity index (χ1n) is 26.8. The molecule has 0 spiro atoms. The number of unbranched alkanes of at least 4 members (excludes halogenated alkanes) is 15. The third-order valence-electron chi connectivity index (χ3n) is 12.5. The van der Waals surface area contributed by atoms with Crippen LogP contribution in [0.2, 0.25) is 0 Å². The minimum atomic E-state index is -1.06. The molecule has 400 valence electrons. The number of carbonyl (C=O) groups excluding carboxylic acids is 3. The van der Waals surface area contributed by atoms with Crippen molar-refractivity contribution in [3.05, 3.63) is 95.1 Å². The lowest BCUT2D eigenvalue weighted by atomic mass is 10.0. The molecule has 6 N–H and O–H groups in total. The second kappa shape index (κ2) is 38.5. The van der Waals surface area contributed by atoms with Crippen LogP contribution >= 0.6 is 0 Å². The Labute approximate surface area is 430 Å². The van der Waals surface area contributed by atoms with Crippen LogP contribution in [0.15, 0.2) is 72.8 Å². The van der Waals surface area contributed by atoms with E-state index in [0.29, 0.717) is 19.6 Å². The highest BCUT2D eigenvalue weighted by molar-refractivity contribution is 5.94. The van der Waals surface area contributed by atoms with E-state index in [1.807, 2.05) is 36.4 Å². The number of amides is 6. The van der Waals surface area contributed by atoms with Crippen LogP contribution in [-0.2, 0) is 40.2 Å². The van der Waals surface area contributed by atoms with Gasteiger partial charge in [-0.3, -0.25) is 24.2 Å². The predicted octanol–water partition coefficient (Wildman–Crippen LogP) is 12.0. The van der Waals surface area contributed by atoms with E-state index >= 15 is 0 Å². The van der Waals surface area contributed by atoms with Crippen LogP contribution in [0.25, 0.3) is 0 Å². The maximum atomic E-state index is 12.4. The first-order chi connectivity index (χ1) is 34.8. The number of carbonyl (C=O) groups is 6. The van der Waals surface area contributed by atoms with Gasteiger partial charge in [-0.25, -0.2) is 14.4 Å². The van der Waals surface area contributed by atoms with Crippen molar-refractivity contribution in [2.75, 3.05) is 49.6 Å². The first-order valence-corrected chi connectivity index (χ1v) is 26.8. The molecule has 1 saturated heterocycles. The van der Waals surface area contributed by atoms with E-state index in [2.05, 4.69) is 73.1 Å². The van der Waals surface area contributed by atoms with E-state index < -0.39 is 23.9 Å². The number of hydrogen-bond donors (Lipinski definition) is 6. The van der Waals surface area contributed by atoms with Crippen LogP contribution in [0.4, 0.5) is 25.8 Å².